The van der Waals surface area contributed by atoms with Gasteiger partial charge in [-0.25, -0.2) is 4.79 Å². The number of rotatable bonds is 33. The average Bonchev–Trinajstić information content (AvgIpc) is 3.69. The number of carbonyl (C=O) groups excluding carboxylic acids is 7. The van der Waals surface area contributed by atoms with Crippen molar-refractivity contribution in [2.24, 2.45) is 10.4 Å². The lowest BCUT2D eigenvalue weighted by molar-refractivity contribution is -0.127. The summed E-state index contributed by atoms with van der Waals surface area (Å²) in [5.41, 5.74) is 4.27. The molecule has 6 N–H and O–H groups in total. The minimum absolute atomic E-state index is 0.00409. The number of urea groups is 1. The Balaban J connectivity index is 0.669. The van der Waals surface area contributed by atoms with Gasteiger partial charge in [0.05, 0.1) is 87.6 Å². The quantitative estimate of drug-likeness (QED) is 0.0156. The van der Waals surface area contributed by atoms with Gasteiger partial charge >= 0.3 is 6.03 Å². The Morgan fingerprint density at radius 1 is 0.738 bits per heavy atom. The van der Waals surface area contributed by atoms with Crippen LogP contribution >= 0.6 is 23.4 Å². The van der Waals surface area contributed by atoms with Crippen LogP contribution in [0.5, 0.6) is 0 Å². The number of aliphatic imine (C=N–C) groups is 1. The highest BCUT2D eigenvalue weighted by Gasteiger charge is 2.42. The van der Waals surface area contributed by atoms with E-state index in [0.717, 1.165) is 36.1 Å². The zero-order chi connectivity index (χ0) is 59.3. The molecule has 450 valence electrons. The lowest BCUT2D eigenvalue weighted by Crippen LogP contribution is -2.36. The minimum atomic E-state index is -0.533. The summed E-state index contributed by atoms with van der Waals surface area (Å²) in [6.07, 6.45) is 4.99. The molecule has 84 heavy (non-hydrogen) atoms. The van der Waals surface area contributed by atoms with E-state index in [-0.39, 0.29) is 97.8 Å². The largest absolute Gasteiger partial charge is 0.388 e. The Labute approximate surface area is 497 Å². The standard InChI is InChI=1S/C59H75ClN12O11S/c1-59(2)35-47(73)53(48(74)36-59)44(21-26-80-28-30-82-32-33-83-31-29-81-27-24-62-50(75)13-7-6-12-49-55-45(38-84-49)66-58(79)67-55)61-22-8-14-51(76)65-41-16-18-42(19-17-41)72-69-56(68-70-72)57(78)63-23-9-25-71-46-20-15-40(60)34-43(46)54(64-37-52(71)77)39-10-4-3-5-11-39/h3-5,10-11,15-20,34,45,49,55,61H,6-9,12-14,21-33,35-38H2,1-2H3,(H,62,75)(H,63,78)(H,65,76)(H2,66,67,79)/t45-,49-,55-/m0/s1. The second kappa shape index (κ2) is 31.7. The van der Waals surface area contributed by atoms with E-state index in [1.54, 1.807) is 41.3 Å². The van der Waals surface area contributed by atoms with E-state index in [0.29, 0.717) is 130 Å². The highest BCUT2D eigenvalue weighted by atomic mass is 35.5. The van der Waals surface area contributed by atoms with Gasteiger partial charge in [0, 0.05) is 96.8 Å². The SMILES string of the molecule is CC1(C)CC(=O)C(=C(CCOCCOCCOCCOCCNC(=O)CCCC[C@@H]2SC[C@@H]3NC(=O)N[C@@H]32)NCCCC(=O)Nc2ccc(-n3nnc(C(=O)NCCCN4C(=O)CN=C(c5ccccc5)c5cc(Cl)ccc54)n3)cc2)C(=O)C1. The van der Waals surface area contributed by atoms with Crippen LogP contribution in [0.2, 0.25) is 5.02 Å². The lowest BCUT2D eigenvalue weighted by atomic mass is 9.73. The maximum Gasteiger partial charge on any atom is 0.315 e. The van der Waals surface area contributed by atoms with Crippen molar-refractivity contribution in [2.45, 2.75) is 95.4 Å². The van der Waals surface area contributed by atoms with Gasteiger partial charge in [-0.2, -0.15) is 11.8 Å². The molecule has 4 aromatic rings. The number of hydrogen-bond acceptors (Lipinski definition) is 17. The minimum Gasteiger partial charge on any atom is -0.388 e. The molecule has 8 rings (SSSR count). The van der Waals surface area contributed by atoms with E-state index in [4.69, 9.17) is 30.5 Å². The van der Waals surface area contributed by atoms with E-state index in [9.17, 15) is 33.6 Å². The normalized spacial score (nSPS) is 18.1. The van der Waals surface area contributed by atoms with Crippen LogP contribution in [0.25, 0.3) is 5.69 Å². The molecule has 1 aromatic heterocycles. The molecule has 23 nitrogen and oxygen atoms in total. The second-order valence-electron chi connectivity index (χ2n) is 21.5. The van der Waals surface area contributed by atoms with Crippen LogP contribution in [0.15, 0.2) is 89.1 Å². The monoisotopic (exact) mass is 1190 g/mol. The van der Waals surface area contributed by atoms with Gasteiger partial charge in [0.15, 0.2) is 11.6 Å². The van der Waals surface area contributed by atoms with Crippen molar-refractivity contribution in [3.63, 3.8) is 0 Å². The summed E-state index contributed by atoms with van der Waals surface area (Å²) < 4.78 is 22.6. The highest BCUT2D eigenvalue weighted by molar-refractivity contribution is 8.00. The summed E-state index contributed by atoms with van der Waals surface area (Å²) in [6.45, 7) is 7.85. The Morgan fingerprint density at radius 3 is 2.17 bits per heavy atom. The van der Waals surface area contributed by atoms with Crippen molar-refractivity contribution in [1.29, 1.82) is 0 Å². The fourth-order valence-corrected chi connectivity index (χ4v) is 12.0. The summed E-state index contributed by atoms with van der Waals surface area (Å²) >= 11 is 8.27. The Hall–Kier alpha value is -7.09. The second-order valence-corrected chi connectivity index (χ2v) is 23.2. The number of carbonyl (C=O) groups is 7. The fourth-order valence-electron chi connectivity index (χ4n) is 10.3. The van der Waals surface area contributed by atoms with Crippen LogP contribution < -0.4 is 36.8 Å². The van der Waals surface area contributed by atoms with Gasteiger partial charge in [-0.3, -0.25) is 33.8 Å². The summed E-state index contributed by atoms with van der Waals surface area (Å²) in [6, 6.07) is 22.0. The number of ketones is 2. The van der Waals surface area contributed by atoms with Crippen LogP contribution in [0.3, 0.4) is 0 Å². The van der Waals surface area contributed by atoms with Crippen molar-refractivity contribution in [3.05, 3.63) is 106 Å². The van der Waals surface area contributed by atoms with E-state index in [1.165, 1.54) is 4.80 Å². The van der Waals surface area contributed by atoms with Crippen LogP contribution in [-0.2, 0) is 42.9 Å². The Kier molecular flexibility index (Phi) is 23.8. The van der Waals surface area contributed by atoms with Gasteiger partial charge in [-0.1, -0.05) is 62.2 Å². The molecule has 0 bridgehead atoms. The summed E-state index contributed by atoms with van der Waals surface area (Å²) in [5, 5.41) is 30.9. The predicted molar refractivity (Wildman–Crippen MR) is 318 cm³/mol. The zero-order valence-electron chi connectivity index (χ0n) is 47.6. The molecule has 0 unspecified atom stereocenters. The Morgan fingerprint density at radius 2 is 1.43 bits per heavy atom. The number of benzodiazepines with no additional fused rings is 1. The van der Waals surface area contributed by atoms with Crippen LogP contribution in [-0.4, -0.2) is 176 Å². The van der Waals surface area contributed by atoms with Crippen molar-refractivity contribution >= 4 is 81.7 Å². The number of halogens is 1. The molecule has 1 saturated carbocycles. The third-order valence-electron chi connectivity index (χ3n) is 14.4. The third kappa shape index (κ3) is 18.7. The number of unbranched alkanes of at least 4 members (excludes halogenated alkanes) is 1. The lowest BCUT2D eigenvalue weighted by Gasteiger charge is -2.30. The number of nitrogens with one attached hydrogen (secondary N) is 6. The first-order chi connectivity index (χ1) is 40.7. The maximum atomic E-state index is 13.3. The number of anilines is 2. The number of hydrogen-bond donors (Lipinski definition) is 6. The maximum absolute atomic E-state index is 13.3. The van der Waals surface area contributed by atoms with Crippen molar-refractivity contribution in [1.82, 2.24) is 46.8 Å². The first kappa shape index (κ1) is 62.9. The molecular weight excluding hydrogens is 1120 g/mol. The topological polar surface area (TPSA) is 288 Å². The molecule has 3 fully saturated rings. The molecule has 3 atom stereocenters. The average molecular weight is 1200 g/mol. The number of tetrazole rings is 1. The molecule has 25 heteroatoms. The van der Waals surface area contributed by atoms with E-state index in [2.05, 4.69) is 52.3 Å². The molecule has 3 aliphatic heterocycles. The number of fused-ring (bicyclic) bond motifs is 2. The third-order valence-corrected chi connectivity index (χ3v) is 16.1. The number of ether oxygens (including phenoxy) is 4. The van der Waals surface area contributed by atoms with Crippen molar-refractivity contribution in [2.75, 3.05) is 102 Å². The molecule has 4 aliphatic rings. The first-order valence-corrected chi connectivity index (χ1v) is 30.1. The number of allylic oxidation sites excluding steroid dienone is 1. The molecule has 3 aromatic carbocycles. The van der Waals surface area contributed by atoms with Crippen molar-refractivity contribution in [3.8, 4) is 5.69 Å². The predicted octanol–water partition coefficient (Wildman–Crippen LogP) is 5.14. The molecule has 2 saturated heterocycles. The molecule has 0 radical (unpaired) electrons. The van der Waals surface area contributed by atoms with Crippen LogP contribution in [0, 0.1) is 5.41 Å². The Bertz CT molecular complexity index is 2970. The molecule has 4 heterocycles. The molecule has 1 aliphatic carbocycles. The number of Topliss-reactive ketones (excluding diaryl/α,β-unsaturated/α-hetero) is 2. The van der Waals surface area contributed by atoms with E-state index in [1.807, 2.05) is 62.0 Å². The van der Waals surface area contributed by atoms with Gasteiger partial charge in [0.25, 0.3) is 11.7 Å². The molecule has 6 amide bonds. The summed E-state index contributed by atoms with van der Waals surface area (Å²) in [4.78, 5) is 97.2. The van der Waals surface area contributed by atoms with Crippen molar-refractivity contribution < 1.29 is 52.5 Å². The summed E-state index contributed by atoms with van der Waals surface area (Å²) in [7, 11) is 0. The van der Waals surface area contributed by atoms with Crippen LogP contribution in [0.4, 0.5) is 16.2 Å². The highest BCUT2D eigenvalue weighted by Crippen LogP contribution is 2.36. The van der Waals surface area contributed by atoms with Gasteiger partial charge in [0.1, 0.15) is 6.54 Å². The van der Waals surface area contributed by atoms with Gasteiger partial charge < -0.3 is 55.7 Å². The van der Waals surface area contributed by atoms with Gasteiger partial charge in [-0.15, -0.1) is 15.0 Å². The summed E-state index contributed by atoms with van der Waals surface area (Å²) in [5.74, 6) is -0.572. The smallest absolute Gasteiger partial charge is 0.315 e. The molecular formula is C59H75ClN12O11S. The number of thioether (sulfide) groups is 1. The number of amides is 6. The van der Waals surface area contributed by atoms with Crippen LogP contribution in [0.1, 0.15) is 99.8 Å². The van der Waals surface area contributed by atoms with E-state index < -0.39 is 11.3 Å². The number of benzene rings is 3. The fraction of sp³-hybridized carbons (Fsp3) is 0.508. The van der Waals surface area contributed by atoms with Gasteiger partial charge in [-0.05, 0) is 78.8 Å². The first-order valence-electron chi connectivity index (χ1n) is 28.7. The van der Waals surface area contributed by atoms with Gasteiger partial charge in [0.2, 0.25) is 17.7 Å². The van der Waals surface area contributed by atoms with E-state index >= 15 is 0 Å². The number of aromatic nitrogens is 4. The number of nitrogens with zero attached hydrogens (tertiary/aromatic N) is 6. The molecule has 0 spiro atoms. The zero-order valence-corrected chi connectivity index (χ0v) is 49.2.